The van der Waals surface area contributed by atoms with Crippen molar-refractivity contribution in [1.29, 1.82) is 0 Å². The molecule has 6 heteroatoms. The molecule has 1 amide bonds. The number of aryl methyl sites for hydroxylation is 1. The van der Waals surface area contributed by atoms with Gasteiger partial charge in [-0.15, -0.1) is 0 Å². The third-order valence-corrected chi connectivity index (χ3v) is 5.98. The lowest BCUT2D eigenvalue weighted by Gasteiger charge is -2.24. The number of aliphatic hydroxyl groups is 1. The van der Waals surface area contributed by atoms with E-state index in [-0.39, 0.29) is 23.3 Å². The van der Waals surface area contributed by atoms with Gasteiger partial charge in [-0.3, -0.25) is 9.59 Å². The van der Waals surface area contributed by atoms with Crippen molar-refractivity contribution in [3.63, 3.8) is 0 Å². The molecule has 0 radical (unpaired) electrons. The molecule has 4 rings (SSSR count). The molecular weight excluding hydrogens is 421 g/mol. The summed E-state index contributed by atoms with van der Waals surface area (Å²) in [4.78, 5) is 27.6. The van der Waals surface area contributed by atoms with Crippen LogP contribution in [0.15, 0.2) is 70.9 Å². The van der Waals surface area contributed by atoms with Crippen LogP contribution in [-0.2, 0) is 21.5 Å². The number of benzene rings is 2. The van der Waals surface area contributed by atoms with Gasteiger partial charge in [-0.05, 0) is 59.4 Å². The number of furan rings is 1. The molecule has 1 saturated heterocycles. The van der Waals surface area contributed by atoms with Gasteiger partial charge >= 0.3 is 0 Å². The van der Waals surface area contributed by atoms with Crippen molar-refractivity contribution in [2.75, 3.05) is 0 Å². The number of ketones is 1. The lowest BCUT2D eigenvalue weighted by molar-refractivity contribution is -0.140. The van der Waals surface area contributed by atoms with Gasteiger partial charge in [0, 0.05) is 12.1 Å². The second-order valence-corrected chi connectivity index (χ2v) is 9.35. The summed E-state index contributed by atoms with van der Waals surface area (Å²) in [6.07, 6.45) is 1.46. The minimum atomic E-state index is -0.900. The molecule has 3 aromatic rings. The van der Waals surface area contributed by atoms with Crippen LogP contribution in [0.5, 0.6) is 0 Å². The average molecular weight is 448 g/mol. The van der Waals surface area contributed by atoms with E-state index in [0.717, 1.165) is 11.1 Å². The second-order valence-electron chi connectivity index (χ2n) is 9.35. The highest BCUT2D eigenvalue weighted by atomic mass is 19.1. The first kappa shape index (κ1) is 22.5. The van der Waals surface area contributed by atoms with Crippen LogP contribution in [0.3, 0.4) is 0 Å². The monoisotopic (exact) mass is 447 g/mol. The first-order valence-corrected chi connectivity index (χ1v) is 10.8. The molecule has 0 saturated carbocycles. The standard InChI is InChI=1S/C27H26FNO4/c1-16-7-10-18(27(2,3)4)14-20(16)24(30)22-23(21-6-5-13-33-21)29(26(32)25(22)31)15-17-8-11-19(28)12-9-17/h5-14,23,30H,15H2,1-4H3/b24-22+. The number of hydrogen-bond donors (Lipinski definition) is 1. The van der Waals surface area contributed by atoms with Crippen molar-refractivity contribution in [3.8, 4) is 0 Å². The third-order valence-electron chi connectivity index (χ3n) is 5.98. The van der Waals surface area contributed by atoms with Crippen LogP contribution in [0, 0.1) is 12.7 Å². The van der Waals surface area contributed by atoms with Crippen LogP contribution in [0.1, 0.15) is 54.8 Å². The van der Waals surface area contributed by atoms with Crippen LogP contribution in [0.25, 0.3) is 5.76 Å². The molecule has 1 aromatic heterocycles. The zero-order chi connectivity index (χ0) is 23.9. The van der Waals surface area contributed by atoms with Crippen molar-refractivity contribution in [2.24, 2.45) is 0 Å². The highest BCUT2D eigenvalue weighted by Crippen LogP contribution is 2.41. The summed E-state index contributed by atoms with van der Waals surface area (Å²) in [7, 11) is 0. The van der Waals surface area contributed by atoms with E-state index in [2.05, 4.69) is 20.8 Å². The van der Waals surface area contributed by atoms with Crippen molar-refractivity contribution < 1.29 is 23.5 Å². The van der Waals surface area contributed by atoms with E-state index in [1.807, 2.05) is 25.1 Å². The van der Waals surface area contributed by atoms with E-state index < -0.39 is 23.5 Å². The van der Waals surface area contributed by atoms with Gasteiger partial charge in [-0.1, -0.05) is 45.0 Å². The number of amides is 1. The lowest BCUT2D eigenvalue weighted by atomic mass is 9.84. The molecule has 0 spiro atoms. The van der Waals surface area contributed by atoms with Gasteiger partial charge in [0.25, 0.3) is 11.7 Å². The Hall–Kier alpha value is -3.67. The molecule has 1 aliphatic rings. The van der Waals surface area contributed by atoms with E-state index in [1.54, 1.807) is 24.3 Å². The molecule has 1 unspecified atom stereocenters. The fraction of sp³-hybridized carbons (Fsp3) is 0.259. The maximum Gasteiger partial charge on any atom is 0.296 e. The van der Waals surface area contributed by atoms with Crippen molar-refractivity contribution in [1.82, 2.24) is 4.90 Å². The van der Waals surface area contributed by atoms with Crippen LogP contribution in [0.2, 0.25) is 0 Å². The van der Waals surface area contributed by atoms with Gasteiger partial charge in [-0.25, -0.2) is 4.39 Å². The van der Waals surface area contributed by atoms with Gasteiger partial charge in [0.1, 0.15) is 23.4 Å². The molecule has 1 atom stereocenters. The SMILES string of the molecule is Cc1ccc(C(C)(C)C)cc1/C(O)=C1\C(=O)C(=O)N(Cc2ccc(F)cc2)C1c1ccco1. The second kappa shape index (κ2) is 8.35. The topological polar surface area (TPSA) is 70.8 Å². The molecule has 0 aliphatic carbocycles. The summed E-state index contributed by atoms with van der Waals surface area (Å²) in [6.45, 7) is 8.09. The first-order chi connectivity index (χ1) is 15.6. The predicted octanol–water partition coefficient (Wildman–Crippen LogP) is 5.65. The fourth-order valence-corrected chi connectivity index (χ4v) is 4.06. The van der Waals surface area contributed by atoms with Crippen molar-refractivity contribution in [2.45, 2.75) is 45.7 Å². The number of Topliss-reactive ketones (excluding diaryl/α,β-unsaturated/α-hetero) is 1. The van der Waals surface area contributed by atoms with E-state index in [0.29, 0.717) is 16.9 Å². The van der Waals surface area contributed by atoms with E-state index in [4.69, 9.17) is 4.42 Å². The summed E-state index contributed by atoms with van der Waals surface area (Å²) in [5.41, 5.74) is 2.73. The Labute approximate surface area is 192 Å². The average Bonchev–Trinajstić information content (AvgIpc) is 3.37. The van der Waals surface area contributed by atoms with Crippen molar-refractivity contribution in [3.05, 3.63) is 100 Å². The minimum absolute atomic E-state index is 0.0220. The van der Waals surface area contributed by atoms with Crippen LogP contribution < -0.4 is 0 Å². The molecule has 1 fully saturated rings. The molecular formula is C27H26FNO4. The number of likely N-dealkylation sites (tertiary alicyclic amines) is 1. The Balaban J connectivity index is 1.86. The van der Waals surface area contributed by atoms with Gasteiger partial charge < -0.3 is 14.4 Å². The van der Waals surface area contributed by atoms with Gasteiger partial charge in [0.05, 0.1) is 11.8 Å². The zero-order valence-corrected chi connectivity index (χ0v) is 19.1. The molecule has 170 valence electrons. The van der Waals surface area contributed by atoms with Crippen LogP contribution in [0.4, 0.5) is 4.39 Å². The quantitative estimate of drug-likeness (QED) is 0.319. The highest BCUT2D eigenvalue weighted by Gasteiger charge is 2.47. The van der Waals surface area contributed by atoms with Crippen LogP contribution in [-0.4, -0.2) is 21.7 Å². The van der Waals surface area contributed by atoms with E-state index >= 15 is 0 Å². The largest absolute Gasteiger partial charge is 0.507 e. The summed E-state index contributed by atoms with van der Waals surface area (Å²) < 4.78 is 18.9. The van der Waals surface area contributed by atoms with Gasteiger partial charge in [0.15, 0.2) is 0 Å². The Morgan fingerprint density at radius 2 is 1.79 bits per heavy atom. The summed E-state index contributed by atoms with van der Waals surface area (Å²) in [5.74, 6) is -1.79. The highest BCUT2D eigenvalue weighted by molar-refractivity contribution is 6.46. The first-order valence-electron chi connectivity index (χ1n) is 10.8. The molecule has 1 N–H and O–H groups in total. The number of carbonyl (C=O) groups excluding carboxylic acids is 2. The minimum Gasteiger partial charge on any atom is -0.507 e. The maximum atomic E-state index is 13.4. The fourth-order valence-electron chi connectivity index (χ4n) is 4.06. The maximum absolute atomic E-state index is 13.4. The predicted molar refractivity (Wildman–Crippen MR) is 123 cm³/mol. The molecule has 2 aromatic carbocycles. The Morgan fingerprint density at radius 3 is 2.39 bits per heavy atom. The molecule has 0 bridgehead atoms. The number of hydrogen-bond acceptors (Lipinski definition) is 4. The molecule has 33 heavy (non-hydrogen) atoms. The Morgan fingerprint density at radius 1 is 1.09 bits per heavy atom. The van der Waals surface area contributed by atoms with Gasteiger partial charge in [-0.2, -0.15) is 0 Å². The Bertz CT molecular complexity index is 1230. The number of aliphatic hydroxyl groups excluding tert-OH is 1. The number of nitrogens with zero attached hydrogens (tertiary/aromatic N) is 1. The number of halogens is 1. The summed E-state index contributed by atoms with van der Waals surface area (Å²) in [5, 5.41) is 11.4. The van der Waals surface area contributed by atoms with E-state index in [9.17, 15) is 19.1 Å². The third kappa shape index (κ3) is 4.21. The van der Waals surface area contributed by atoms with Gasteiger partial charge in [0.2, 0.25) is 0 Å². The summed E-state index contributed by atoms with van der Waals surface area (Å²) >= 11 is 0. The summed E-state index contributed by atoms with van der Waals surface area (Å²) in [6, 6.07) is 13.9. The molecule has 5 nitrogen and oxygen atoms in total. The Kier molecular flexibility index (Phi) is 5.70. The number of carbonyl (C=O) groups is 2. The van der Waals surface area contributed by atoms with Crippen LogP contribution >= 0.6 is 0 Å². The molecule has 2 heterocycles. The normalized spacial score (nSPS) is 18.2. The van der Waals surface area contributed by atoms with E-state index in [1.165, 1.54) is 23.3 Å². The van der Waals surface area contributed by atoms with Crippen molar-refractivity contribution >= 4 is 17.4 Å². The lowest BCUT2D eigenvalue weighted by Crippen LogP contribution is -2.29. The number of rotatable bonds is 4. The smallest absolute Gasteiger partial charge is 0.296 e. The molecule has 1 aliphatic heterocycles. The zero-order valence-electron chi connectivity index (χ0n) is 19.1.